The van der Waals surface area contributed by atoms with Crippen molar-refractivity contribution in [1.82, 2.24) is 5.32 Å². The molecule has 1 atom stereocenters. The highest BCUT2D eigenvalue weighted by Gasteiger charge is 2.32. The summed E-state index contributed by atoms with van der Waals surface area (Å²) in [5, 5.41) is 4.71. The van der Waals surface area contributed by atoms with Gasteiger partial charge in [-0.2, -0.15) is 0 Å². The molecule has 1 aromatic carbocycles. The van der Waals surface area contributed by atoms with E-state index in [1.54, 1.807) is 0 Å². The van der Waals surface area contributed by atoms with E-state index < -0.39 is 0 Å². The monoisotopic (exact) mass is 277 g/mol. The van der Waals surface area contributed by atoms with E-state index in [1.165, 1.54) is 44.1 Å². The summed E-state index contributed by atoms with van der Waals surface area (Å²) in [7, 11) is 0. The first-order valence-electron chi connectivity index (χ1n) is 7.74. The van der Waals surface area contributed by atoms with Gasteiger partial charge in [0.2, 0.25) is 0 Å². The molecule has 0 aliphatic heterocycles. The Morgan fingerprint density at radius 3 is 2.63 bits per heavy atom. The Morgan fingerprint density at radius 2 is 1.95 bits per heavy atom. The van der Waals surface area contributed by atoms with Crippen molar-refractivity contribution in [2.75, 3.05) is 0 Å². The molecule has 0 saturated heterocycles. The number of rotatable bonds is 4. The van der Waals surface area contributed by atoms with Crippen molar-refractivity contribution in [3.8, 4) is 0 Å². The lowest BCUT2D eigenvalue weighted by molar-refractivity contribution is 0.239. The lowest BCUT2D eigenvalue weighted by Gasteiger charge is -2.39. The van der Waals surface area contributed by atoms with Crippen molar-refractivity contribution in [1.29, 1.82) is 0 Å². The van der Waals surface area contributed by atoms with Gasteiger partial charge in [-0.05, 0) is 62.1 Å². The molecular formula is C17H24ClN. The Morgan fingerprint density at radius 1 is 1.21 bits per heavy atom. The molecule has 0 radical (unpaired) electrons. The molecular weight excluding hydrogens is 254 g/mol. The van der Waals surface area contributed by atoms with Crippen LogP contribution in [0.4, 0.5) is 0 Å². The van der Waals surface area contributed by atoms with Gasteiger partial charge in [-0.25, -0.2) is 0 Å². The van der Waals surface area contributed by atoms with Gasteiger partial charge < -0.3 is 5.32 Å². The molecule has 0 amide bonds. The summed E-state index contributed by atoms with van der Waals surface area (Å²) < 4.78 is 0. The van der Waals surface area contributed by atoms with Crippen LogP contribution in [0.3, 0.4) is 0 Å². The van der Waals surface area contributed by atoms with Crippen molar-refractivity contribution in [3.63, 3.8) is 0 Å². The molecule has 2 aliphatic rings. The summed E-state index contributed by atoms with van der Waals surface area (Å²) in [6.07, 6.45) is 8.28. The average Bonchev–Trinajstić information content (AvgIpc) is 2.86. The van der Waals surface area contributed by atoms with Crippen LogP contribution in [0.2, 0.25) is 5.02 Å². The Bertz CT molecular complexity index is 419. The van der Waals surface area contributed by atoms with Crippen LogP contribution >= 0.6 is 11.6 Å². The lowest BCUT2D eigenvalue weighted by Crippen LogP contribution is -2.46. The van der Waals surface area contributed by atoms with Gasteiger partial charge in [-0.15, -0.1) is 0 Å². The normalized spacial score (nSPS) is 29.2. The second-order valence-electron chi connectivity index (χ2n) is 6.42. The van der Waals surface area contributed by atoms with Gasteiger partial charge in [-0.3, -0.25) is 0 Å². The molecule has 19 heavy (non-hydrogen) atoms. The molecule has 0 aromatic heterocycles. The lowest BCUT2D eigenvalue weighted by atomic mass is 9.75. The molecule has 3 rings (SSSR count). The minimum atomic E-state index is 0.702. The second-order valence-corrected chi connectivity index (χ2v) is 6.86. The van der Waals surface area contributed by atoms with E-state index in [-0.39, 0.29) is 0 Å². The van der Waals surface area contributed by atoms with Crippen molar-refractivity contribution < 1.29 is 0 Å². The molecule has 0 heterocycles. The van der Waals surface area contributed by atoms with Crippen molar-refractivity contribution in [3.05, 3.63) is 34.9 Å². The maximum atomic E-state index is 6.06. The van der Waals surface area contributed by atoms with Gasteiger partial charge in [0.25, 0.3) is 0 Å². The van der Waals surface area contributed by atoms with Crippen molar-refractivity contribution in [2.45, 2.75) is 63.5 Å². The molecule has 1 N–H and O–H groups in total. The van der Waals surface area contributed by atoms with Crippen LogP contribution in [0.15, 0.2) is 24.3 Å². The molecule has 1 nitrogen and oxygen atoms in total. The first kappa shape index (κ1) is 13.5. The van der Waals surface area contributed by atoms with Crippen molar-refractivity contribution >= 4 is 11.6 Å². The van der Waals surface area contributed by atoms with Gasteiger partial charge in [0, 0.05) is 17.1 Å². The maximum Gasteiger partial charge on any atom is 0.0408 e. The van der Waals surface area contributed by atoms with E-state index in [1.807, 2.05) is 6.07 Å². The highest BCUT2D eigenvalue weighted by Crippen LogP contribution is 2.38. The van der Waals surface area contributed by atoms with E-state index in [0.29, 0.717) is 12.0 Å². The summed E-state index contributed by atoms with van der Waals surface area (Å²) in [6.45, 7) is 2.38. The highest BCUT2D eigenvalue weighted by atomic mass is 35.5. The average molecular weight is 278 g/mol. The third-order valence-corrected chi connectivity index (χ3v) is 5.30. The summed E-state index contributed by atoms with van der Waals surface area (Å²) in [5.74, 6) is 1.64. The van der Waals surface area contributed by atoms with Crippen LogP contribution in [-0.2, 0) is 0 Å². The van der Waals surface area contributed by atoms with Crippen LogP contribution in [0, 0.1) is 5.92 Å². The quantitative estimate of drug-likeness (QED) is 0.837. The highest BCUT2D eigenvalue weighted by molar-refractivity contribution is 6.30. The van der Waals surface area contributed by atoms with Crippen LogP contribution in [-0.4, -0.2) is 12.1 Å². The first-order valence-corrected chi connectivity index (χ1v) is 8.11. The zero-order chi connectivity index (χ0) is 13.2. The standard InChI is InChI=1S/C17H24ClN/c1-12(13-5-2-3-6-13)19-17-10-15(11-17)14-7-4-8-16(18)9-14/h4,7-9,12-13,15,17,19H,2-3,5-6,10-11H2,1H3/t12-,15?,17?/m0/s1. The summed E-state index contributed by atoms with van der Waals surface area (Å²) in [5.41, 5.74) is 1.42. The Labute approximate surface area is 121 Å². The molecule has 2 saturated carbocycles. The van der Waals surface area contributed by atoms with Gasteiger partial charge in [0.15, 0.2) is 0 Å². The van der Waals surface area contributed by atoms with Gasteiger partial charge in [0.1, 0.15) is 0 Å². The van der Waals surface area contributed by atoms with Gasteiger partial charge >= 0.3 is 0 Å². The number of hydrogen-bond donors (Lipinski definition) is 1. The summed E-state index contributed by atoms with van der Waals surface area (Å²) >= 11 is 6.06. The van der Waals surface area contributed by atoms with Crippen molar-refractivity contribution in [2.24, 2.45) is 5.92 Å². The van der Waals surface area contributed by atoms with E-state index in [2.05, 4.69) is 30.4 Å². The first-order chi connectivity index (χ1) is 9.22. The summed E-state index contributed by atoms with van der Waals surface area (Å²) in [4.78, 5) is 0. The largest absolute Gasteiger partial charge is 0.311 e. The fourth-order valence-electron chi connectivity index (χ4n) is 3.75. The minimum absolute atomic E-state index is 0.702. The predicted octanol–water partition coefficient (Wildman–Crippen LogP) is 4.75. The topological polar surface area (TPSA) is 12.0 Å². The molecule has 0 bridgehead atoms. The molecule has 0 unspecified atom stereocenters. The van der Waals surface area contributed by atoms with Crippen LogP contribution in [0.1, 0.15) is 56.9 Å². The molecule has 0 spiro atoms. The molecule has 2 heteroatoms. The second kappa shape index (κ2) is 5.85. The maximum absolute atomic E-state index is 6.06. The molecule has 2 aliphatic carbocycles. The van der Waals surface area contributed by atoms with Crippen LogP contribution < -0.4 is 5.32 Å². The van der Waals surface area contributed by atoms with Gasteiger partial charge in [0.05, 0.1) is 0 Å². The Hall–Kier alpha value is -0.530. The SMILES string of the molecule is C[C@H](NC1CC(c2cccc(Cl)c2)C1)C1CCCC1. The molecule has 104 valence electrons. The van der Waals surface area contributed by atoms with Gasteiger partial charge in [-0.1, -0.05) is 36.6 Å². The Balaban J connectivity index is 1.47. The third-order valence-electron chi connectivity index (χ3n) is 5.06. The molecule has 2 fully saturated rings. The van der Waals surface area contributed by atoms with E-state index in [4.69, 9.17) is 11.6 Å². The summed E-state index contributed by atoms with van der Waals surface area (Å²) in [6, 6.07) is 9.80. The number of nitrogens with one attached hydrogen (secondary N) is 1. The number of benzene rings is 1. The zero-order valence-corrected chi connectivity index (χ0v) is 12.5. The number of hydrogen-bond acceptors (Lipinski definition) is 1. The number of halogens is 1. The molecule has 1 aromatic rings. The fourth-order valence-corrected chi connectivity index (χ4v) is 3.95. The Kier molecular flexibility index (Phi) is 4.14. The van der Waals surface area contributed by atoms with E-state index in [9.17, 15) is 0 Å². The van der Waals surface area contributed by atoms with Crippen LogP contribution in [0.25, 0.3) is 0 Å². The zero-order valence-electron chi connectivity index (χ0n) is 11.7. The third kappa shape index (κ3) is 3.14. The van der Waals surface area contributed by atoms with E-state index >= 15 is 0 Å². The smallest absolute Gasteiger partial charge is 0.0408 e. The predicted molar refractivity (Wildman–Crippen MR) is 81.8 cm³/mol. The van der Waals surface area contributed by atoms with E-state index in [0.717, 1.165) is 17.0 Å². The fraction of sp³-hybridized carbons (Fsp3) is 0.647. The van der Waals surface area contributed by atoms with Crippen LogP contribution in [0.5, 0.6) is 0 Å². The minimum Gasteiger partial charge on any atom is -0.311 e.